The normalized spacial score (nSPS) is 10.9. The lowest BCUT2D eigenvalue weighted by atomic mass is 10.1. The van der Waals surface area contributed by atoms with E-state index >= 15 is 0 Å². The second-order valence-electron chi connectivity index (χ2n) is 17.4. The van der Waals surface area contributed by atoms with Crippen LogP contribution in [0.25, 0.3) is 32.3 Å². The van der Waals surface area contributed by atoms with Crippen LogP contribution in [0.2, 0.25) is 0 Å². The van der Waals surface area contributed by atoms with Crippen molar-refractivity contribution in [2.24, 2.45) is 0 Å². The molecule has 0 aliphatic heterocycles. The maximum atomic E-state index is 13.4. The first-order valence-corrected chi connectivity index (χ1v) is 24.2. The Hall–Kier alpha value is -8.78. The zero-order valence-electron chi connectivity index (χ0n) is 41.5. The van der Waals surface area contributed by atoms with E-state index in [0.717, 1.165) is 53.0 Å². The Bertz CT molecular complexity index is 3260. The molecule has 0 bridgehead atoms. The van der Waals surface area contributed by atoms with Gasteiger partial charge in [0.25, 0.3) is 0 Å². The molecule has 7 aromatic carbocycles. The smallest absolute Gasteiger partial charge is 0.343 e. The van der Waals surface area contributed by atoms with E-state index < -0.39 is 29.8 Å². The Morgan fingerprint density at radius 1 is 0.378 bits per heavy atom. The molecule has 0 fully saturated rings. The van der Waals surface area contributed by atoms with E-state index in [-0.39, 0.29) is 52.9 Å². The Kier molecular flexibility index (Phi) is 18.3. The average molecular weight is 1000 g/mol. The summed E-state index contributed by atoms with van der Waals surface area (Å²) in [5, 5.41) is 4.76. The van der Waals surface area contributed by atoms with Crippen molar-refractivity contribution in [1.82, 2.24) is 0 Å². The van der Waals surface area contributed by atoms with Gasteiger partial charge in [-0.15, -0.1) is 0 Å². The van der Waals surface area contributed by atoms with Gasteiger partial charge in [0.2, 0.25) is 0 Å². The SMILES string of the molecule is C=C(C)C(=O)OCCCCCCOc1ccc2cc(C(=O)OCCCOc3ccc4cc(C(=O)Oc5ccc(OC(=O)c6ccc7cc(OC(=O)C(=C)C)ccc7c6)c(C(=O)OCCC)c5)ccc4c3)ccc2c1. The minimum atomic E-state index is -0.769. The standard InChI is InChI=1S/C60H56O14/c1-6-26-69-60(66)53-37-52(24-25-54(53)74-59(65)48-17-14-45-36-51(23-20-42(45)33-48)72-56(62)39(4)5)73-58(64)47-16-13-44-35-50(22-19-41(44)32-47)68-29-11-30-71-57(63)46-15-12-43-34-49(21-18-40(43)31-46)67-27-9-7-8-10-28-70-55(61)38(2)3/h12-25,31-37H,2,4,6-11,26-30H2,1,3,5H3. The molecule has 0 spiro atoms. The maximum Gasteiger partial charge on any atom is 0.343 e. The largest absolute Gasteiger partial charge is 0.494 e. The third-order valence-corrected chi connectivity index (χ3v) is 11.4. The Morgan fingerprint density at radius 3 is 1.38 bits per heavy atom. The van der Waals surface area contributed by atoms with Gasteiger partial charge in [0, 0.05) is 17.6 Å². The van der Waals surface area contributed by atoms with E-state index in [1.807, 2.05) is 43.3 Å². The van der Waals surface area contributed by atoms with Crippen molar-refractivity contribution in [3.8, 4) is 28.7 Å². The van der Waals surface area contributed by atoms with E-state index in [0.29, 0.717) is 66.1 Å². The van der Waals surface area contributed by atoms with Gasteiger partial charge in [0.15, 0.2) is 0 Å². The quantitative estimate of drug-likeness (QED) is 0.0184. The molecule has 0 amide bonds. The first-order chi connectivity index (χ1) is 35.7. The lowest BCUT2D eigenvalue weighted by Crippen LogP contribution is -2.14. The van der Waals surface area contributed by atoms with Gasteiger partial charge in [0.05, 0.1) is 49.7 Å². The predicted molar refractivity (Wildman–Crippen MR) is 279 cm³/mol. The van der Waals surface area contributed by atoms with Crippen molar-refractivity contribution in [3.63, 3.8) is 0 Å². The van der Waals surface area contributed by atoms with Crippen LogP contribution < -0.4 is 23.7 Å². The summed E-state index contributed by atoms with van der Waals surface area (Å²) in [4.78, 5) is 76.3. The number of unbranched alkanes of at least 4 members (excludes halogenated alkanes) is 3. The van der Waals surface area contributed by atoms with Crippen LogP contribution in [0.4, 0.5) is 0 Å². The van der Waals surface area contributed by atoms with Gasteiger partial charge in [-0.1, -0.05) is 56.5 Å². The molecule has 0 heterocycles. The lowest BCUT2D eigenvalue weighted by molar-refractivity contribution is -0.139. The van der Waals surface area contributed by atoms with E-state index in [4.69, 9.17) is 37.9 Å². The topological polar surface area (TPSA) is 176 Å². The number of hydrogen-bond donors (Lipinski definition) is 0. The van der Waals surface area contributed by atoms with Crippen LogP contribution in [0.5, 0.6) is 28.7 Å². The van der Waals surface area contributed by atoms with Crippen molar-refractivity contribution in [2.75, 3.05) is 33.0 Å². The number of benzene rings is 7. The van der Waals surface area contributed by atoms with Gasteiger partial charge >= 0.3 is 35.8 Å². The summed E-state index contributed by atoms with van der Waals surface area (Å²) in [5.74, 6) is -1.95. The van der Waals surface area contributed by atoms with E-state index in [1.165, 1.54) is 18.2 Å². The summed E-state index contributed by atoms with van der Waals surface area (Å²) in [6.07, 6.45) is 4.56. The molecule has 380 valence electrons. The molecule has 0 atom stereocenters. The predicted octanol–water partition coefficient (Wildman–Crippen LogP) is 12.3. The molecule has 0 aliphatic carbocycles. The minimum Gasteiger partial charge on any atom is -0.494 e. The number of carbonyl (C=O) groups is 6. The van der Waals surface area contributed by atoms with Crippen LogP contribution in [0.3, 0.4) is 0 Å². The van der Waals surface area contributed by atoms with Gasteiger partial charge in [-0.25, -0.2) is 28.8 Å². The van der Waals surface area contributed by atoms with E-state index in [9.17, 15) is 28.8 Å². The summed E-state index contributed by atoms with van der Waals surface area (Å²) in [5.41, 5.74) is 1.43. The molecule has 14 heteroatoms. The van der Waals surface area contributed by atoms with Crippen LogP contribution in [-0.2, 0) is 23.8 Å². The number of hydrogen-bond acceptors (Lipinski definition) is 14. The maximum absolute atomic E-state index is 13.4. The van der Waals surface area contributed by atoms with Crippen LogP contribution in [-0.4, -0.2) is 68.9 Å². The molecule has 0 aliphatic rings. The molecule has 74 heavy (non-hydrogen) atoms. The first kappa shape index (κ1) is 53.0. The zero-order chi connectivity index (χ0) is 52.6. The highest BCUT2D eigenvalue weighted by Crippen LogP contribution is 2.30. The number of fused-ring (bicyclic) bond motifs is 3. The van der Waals surface area contributed by atoms with Crippen molar-refractivity contribution >= 4 is 68.1 Å². The third-order valence-electron chi connectivity index (χ3n) is 11.4. The molecule has 0 aromatic heterocycles. The zero-order valence-corrected chi connectivity index (χ0v) is 41.5. The molecule has 0 saturated heterocycles. The Labute approximate surface area is 428 Å². The summed E-state index contributed by atoms with van der Waals surface area (Å²) >= 11 is 0. The summed E-state index contributed by atoms with van der Waals surface area (Å²) in [6.45, 7) is 13.7. The number of carbonyl (C=O) groups excluding carboxylic acids is 6. The van der Waals surface area contributed by atoms with E-state index in [2.05, 4.69) is 13.2 Å². The van der Waals surface area contributed by atoms with Crippen LogP contribution in [0.1, 0.15) is 101 Å². The molecule has 0 unspecified atom stereocenters. The van der Waals surface area contributed by atoms with Crippen LogP contribution >= 0.6 is 0 Å². The van der Waals surface area contributed by atoms with Gasteiger partial charge in [-0.05, 0) is 169 Å². The van der Waals surface area contributed by atoms with Crippen LogP contribution in [0.15, 0.2) is 152 Å². The average Bonchev–Trinajstić information content (AvgIpc) is 3.40. The molecule has 0 N–H and O–H groups in total. The number of esters is 6. The van der Waals surface area contributed by atoms with Crippen molar-refractivity contribution in [1.29, 1.82) is 0 Å². The van der Waals surface area contributed by atoms with Gasteiger partial charge < -0.3 is 37.9 Å². The molecule has 0 radical (unpaired) electrons. The molecule has 7 aromatic rings. The summed E-state index contributed by atoms with van der Waals surface area (Å²) in [7, 11) is 0. The fourth-order valence-electron chi connectivity index (χ4n) is 7.44. The monoisotopic (exact) mass is 1000 g/mol. The number of rotatable bonds is 24. The second-order valence-corrected chi connectivity index (χ2v) is 17.4. The highest BCUT2D eigenvalue weighted by molar-refractivity contribution is 6.01. The molecule has 0 saturated carbocycles. The summed E-state index contributed by atoms with van der Waals surface area (Å²) in [6, 6.07) is 35.4. The highest BCUT2D eigenvalue weighted by Gasteiger charge is 2.21. The second kappa shape index (κ2) is 25.6. The first-order valence-electron chi connectivity index (χ1n) is 24.2. The van der Waals surface area contributed by atoms with Gasteiger partial charge in [0.1, 0.15) is 34.3 Å². The van der Waals surface area contributed by atoms with Gasteiger partial charge in [-0.2, -0.15) is 0 Å². The van der Waals surface area contributed by atoms with E-state index in [1.54, 1.807) is 86.6 Å². The number of ether oxygens (including phenoxy) is 8. The van der Waals surface area contributed by atoms with Crippen molar-refractivity contribution < 1.29 is 66.7 Å². The molecule has 14 nitrogen and oxygen atoms in total. The lowest BCUT2D eigenvalue weighted by Gasteiger charge is -2.13. The van der Waals surface area contributed by atoms with Crippen LogP contribution in [0, 0.1) is 0 Å². The van der Waals surface area contributed by atoms with Crippen molar-refractivity contribution in [3.05, 3.63) is 174 Å². The van der Waals surface area contributed by atoms with Gasteiger partial charge in [-0.3, -0.25) is 0 Å². The molecular formula is C60H56O14. The fraction of sp³-hybridized carbons (Fsp3) is 0.233. The fourth-order valence-corrected chi connectivity index (χ4v) is 7.44. The Balaban J connectivity index is 0.870. The Morgan fingerprint density at radius 2 is 0.811 bits per heavy atom. The minimum absolute atomic E-state index is 0.0252. The summed E-state index contributed by atoms with van der Waals surface area (Å²) < 4.78 is 44.6. The molecular weight excluding hydrogens is 945 g/mol. The molecule has 7 rings (SSSR count). The van der Waals surface area contributed by atoms with Crippen molar-refractivity contribution in [2.45, 2.75) is 59.3 Å². The highest BCUT2D eigenvalue weighted by atomic mass is 16.6. The third kappa shape index (κ3) is 14.7.